The zero-order valence-corrected chi connectivity index (χ0v) is 24.1. The van der Waals surface area contributed by atoms with Crippen LogP contribution in [0.15, 0.2) is 71.3 Å². The fourth-order valence-electron chi connectivity index (χ4n) is 4.29. The van der Waals surface area contributed by atoms with Crippen LogP contribution in [0.3, 0.4) is 0 Å². The molecular weight excluding hydrogens is 490 g/mol. The molecule has 0 fully saturated rings. The maximum Gasteiger partial charge on any atom is 0.287 e. The number of rotatable bonds is 10. The Kier molecular flexibility index (Phi) is 9.73. The number of furan rings is 1. The first-order valence-corrected chi connectivity index (χ1v) is 13.6. The summed E-state index contributed by atoms with van der Waals surface area (Å²) in [6, 6.07) is 17.7. The number of benzene rings is 2. The molecule has 0 saturated heterocycles. The molecule has 3 aromatic rings. The van der Waals surface area contributed by atoms with Gasteiger partial charge in [0.05, 0.1) is 12.8 Å². The first-order chi connectivity index (χ1) is 18.4. The van der Waals surface area contributed by atoms with Crippen molar-refractivity contribution in [3.05, 3.63) is 89.4 Å². The highest BCUT2D eigenvalue weighted by molar-refractivity contribution is 6.04. The second-order valence-corrected chi connectivity index (χ2v) is 11.3. The number of nitrogens with zero attached hydrogens (tertiary/aromatic N) is 1. The molecule has 7 heteroatoms. The summed E-state index contributed by atoms with van der Waals surface area (Å²) in [5.74, 6) is -0.441. The van der Waals surface area contributed by atoms with E-state index in [0.717, 1.165) is 17.5 Å². The van der Waals surface area contributed by atoms with E-state index in [1.807, 2.05) is 69.3 Å². The lowest BCUT2D eigenvalue weighted by atomic mass is 9.95. The van der Waals surface area contributed by atoms with Crippen molar-refractivity contribution in [3.8, 4) is 0 Å². The minimum absolute atomic E-state index is 0.110. The quantitative estimate of drug-likeness (QED) is 0.320. The van der Waals surface area contributed by atoms with Gasteiger partial charge in [-0.25, -0.2) is 0 Å². The van der Waals surface area contributed by atoms with Crippen LogP contribution in [0.1, 0.15) is 100 Å². The molecule has 2 N–H and O–H groups in total. The van der Waals surface area contributed by atoms with Crippen LogP contribution in [-0.2, 0) is 9.59 Å². The van der Waals surface area contributed by atoms with Crippen LogP contribution in [0.4, 0.5) is 5.69 Å². The van der Waals surface area contributed by atoms with Crippen LogP contribution in [0.5, 0.6) is 0 Å². The molecule has 1 aromatic heterocycles. The molecule has 7 nitrogen and oxygen atoms in total. The lowest BCUT2D eigenvalue weighted by molar-refractivity contribution is -0.127. The molecule has 3 amide bonds. The van der Waals surface area contributed by atoms with Gasteiger partial charge in [-0.05, 0) is 80.0 Å². The molecule has 2 aromatic carbocycles. The number of carbonyl (C=O) groups is 3. The summed E-state index contributed by atoms with van der Waals surface area (Å²) >= 11 is 0. The molecule has 0 aliphatic carbocycles. The molecule has 0 saturated carbocycles. The second-order valence-electron chi connectivity index (χ2n) is 11.3. The number of hydrogen-bond donors (Lipinski definition) is 2. The lowest BCUT2D eigenvalue weighted by Crippen LogP contribution is -2.51. The molecule has 2 atom stereocenters. The predicted octanol–water partition coefficient (Wildman–Crippen LogP) is 6.34. The summed E-state index contributed by atoms with van der Waals surface area (Å²) in [6.45, 7) is 13.9. The van der Waals surface area contributed by atoms with Gasteiger partial charge in [0, 0.05) is 11.2 Å². The molecule has 0 bridgehead atoms. The zero-order chi connectivity index (χ0) is 28.7. The number of nitrogens with one attached hydrogen (secondary N) is 2. The Bertz CT molecular complexity index is 1240. The first kappa shape index (κ1) is 29.7. The van der Waals surface area contributed by atoms with E-state index in [-0.39, 0.29) is 18.2 Å². The predicted molar refractivity (Wildman–Crippen MR) is 155 cm³/mol. The van der Waals surface area contributed by atoms with Crippen LogP contribution in [0, 0.1) is 0 Å². The first-order valence-electron chi connectivity index (χ1n) is 13.6. The normalized spacial score (nSPS) is 13.0. The van der Waals surface area contributed by atoms with Gasteiger partial charge in [0.1, 0.15) is 6.04 Å². The molecule has 0 aliphatic rings. The van der Waals surface area contributed by atoms with Crippen molar-refractivity contribution in [1.29, 1.82) is 0 Å². The number of anilines is 1. The van der Waals surface area contributed by atoms with Crippen molar-refractivity contribution in [2.24, 2.45) is 0 Å². The van der Waals surface area contributed by atoms with Crippen molar-refractivity contribution in [2.45, 2.75) is 78.3 Å². The number of hydrogen-bond acceptors (Lipinski definition) is 4. The van der Waals surface area contributed by atoms with E-state index in [1.54, 1.807) is 6.07 Å². The second kappa shape index (κ2) is 12.8. The monoisotopic (exact) mass is 531 g/mol. The third kappa shape index (κ3) is 7.82. The van der Waals surface area contributed by atoms with Gasteiger partial charge in [0.15, 0.2) is 5.76 Å². The van der Waals surface area contributed by atoms with E-state index >= 15 is 0 Å². The molecule has 39 heavy (non-hydrogen) atoms. The number of carbonyl (C=O) groups excluding carboxylic acids is 3. The molecular formula is C32H41N3O4. The Morgan fingerprint density at radius 3 is 1.97 bits per heavy atom. The highest BCUT2D eigenvalue weighted by atomic mass is 16.3. The van der Waals surface area contributed by atoms with Crippen molar-refractivity contribution >= 4 is 23.4 Å². The van der Waals surface area contributed by atoms with E-state index in [1.165, 1.54) is 17.2 Å². The fraction of sp³-hybridized carbons (Fsp3) is 0.406. The average Bonchev–Trinajstić information content (AvgIpc) is 3.44. The number of amides is 3. The van der Waals surface area contributed by atoms with Gasteiger partial charge in [0.2, 0.25) is 11.8 Å². The summed E-state index contributed by atoms with van der Waals surface area (Å²) in [4.78, 5) is 41.7. The van der Waals surface area contributed by atoms with E-state index in [0.29, 0.717) is 23.1 Å². The van der Waals surface area contributed by atoms with Gasteiger partial charge >= 0.3 is 0 Å². The van der Waals surface area contributed by atoms with Gasteiger partial charge in [-0.3, -0.25) is 19.3 Å². The third-order valence-corrected chi connectivity index (χ3v) is 6.69. The molecule has 0 unspecified atom stereocenters. The van der Waals surface area contributed by atoms with E-state index in [4.69, 9.17) is 4.42 Å². The van der Waals surface area contributed by atoms with Gasteiger partial charge in [-0.1, -0.05) is 64.1 Å². The Labute approximate surface area is 232 Å². The summed E-state index contributed by atoms with van der Waals surface area (Å²) < 4.78 is 5.16. The topological polar surface area (TPSA) is 91.7 Å². The van der Waals surface area contributed by atoms with Crippen molar-refractivity contribution in [3.63, 3.8) is 0 Å². The average molecular weight is 532 g/mol. The van der Waals surface area contributed by atoms with E-state index < -0.39 is 23.4 Å². The maximum absolute atomic E-state index is 13.9. The Balaban J connectivity index is 2.06. The van der Waals surface area contributed by atoms with Crippen molar-refractivity contribution < 1.29 is 18.8 Å². The highest BCUT2D eigenvalue weighted by Crippen LogP contribution is 2.31. The standard InChI is InChI=1S/C32H41N3O4/c1-8-22(4)24-15-17-26(18-16-24)35(28(36)20-33-30(37)27-10-9-19-39-27)29(31(38)34-32(5,6)7)25-13-11-23(12-14-25)21(2)3/h9-19,21-22,29H,8,20H2,1-7H3,(H,33,37)(H,34,38)/t22-,29-/m0/s1. The largest absolute Gasteiger partial charge is 0.459 e. The van der Waals surface area contributed by atoms with Crippen LogP contribution in [0.25, 0.3) is 0 Å². The third-order valence-electron chi connectivity index (χ3n) is 6.69. The Morgan fingerprint density at radius 1 is 0.872 bits per heavy atom. The smallest absolute Gasteiger partial charge is 0.287 e. The van der Waals surface area contributed by atoms with Gasteiger partial charge in [0.25, 0.3) is 5.91 Å². The molecule has 0 spiro atoms. The van der Waals surface area contributed by atoms with Gasteiger partial charge in [-0.15, -0.1) is 0 Å². The Hall–Kier alpha value is -3.87. The Morgan fingerprint density at radius 2 is 1.46 bits per heavy atom. The summed E-state index contributed by atoms with van der Waals surface area (Å²) in [6.07, 6.45) is 2.38. The SMILES string of the molecule is CC[C@H](C)c1ccc(N(C(=O)CNC(=O)c2ccco2)[C@H](C(=O)NC(C)(C)C)c2ccc(C(C)C)cc2)cc1. The minimum Gasteiger partial charge on any atom is -0.459 e. The summed E-state index contributed by atoms with van der Waals surface area (Å²) in [5.41, 5.74) is 3.02. The van der Waals surface area contributed by atoms with Crippen molar-refractivity contribution in [1.82, 2.24) is 10.6 Å². The van der Waals surface area contributed by atoms with E-state index in [9.17, 15) is 14.4 Å². The summed E-state index contributed by atoms with van der Waals surface area (Å²) in [7, 11) is 0. The molecule has 0 radical (unpaired) electrons. The fourth-order valence-corrected chi connectivity index (χ4v) is 4.29. The van der Waals surface area contributed by atoms with Crippen LogP contribution in [-0.4, -0.2) is 29.8 Å². The van der Waals surface area contributed by atoms with Crippen LogP contribution in [0.2, 0.25) is 0 Å². The molecule has 208 valence electrons. The lowest BCUT2D eigenvalue weighted by Gasteiger charge is -2.34. The van der Waals surface area contributed by atoms with Crippen LogP contribution >= 0.6 is 0 Å². The van der Waals surface area contributed by atoms with Gasteiger partial charge in [-0.2, -0.15) is 0 Å². The summed E-state index contributed by atoms with van der Waals surface area (Å²) in [5, 5.41) is 5.69. The molecule has 0 aliphatic heterocycles. The van der Waals surface area contributed by atoms with Crippen LogP contribution < -0.4 is 15.5 Å². The zero-order valence-electron chi connectivity index (χ0n) is 24.1. The van der Waals surface area contributed by atoms with Crippen molar-refractivity contribution in [2.75, 3.05) is 11.4 Å². The molecule has 3 rings (SSSR count). The molecule has 1 heterocycles. The van der Waals surface area contributed by atoms with Gasteiger partial charge < -0.3 is 15.1 Å². The minimum atomic E-state index is -0.951. The van der Waals surface area contributed by atoms with E-state index in [2.05, 4.69) is 38.3 Å². The highest BCUT2D eigenvalue weighted by Gasteiger charge is 2.34. The maximum atomic E-state index is 13.9.